The third-order valence-corrected chi connectivity index (χ3v) is 6.26. The molecule has 31 heavy (non-hydrogen) atoms. The van der Waals surface area contributed by atoms with Gasteiger partial charge in [0.1, 0.15) is 11.6 Å². The van der Waals surface area contributed by atoms with Crippen molar-refractivity contribution >= 4 is 17.1 Å². The Hall–Kier alpha value is -3.13. The topological polar surface area (TPSA) is 83.8 Å². The minimum atomic E-state index is -0.130. The molecule has 2 atom stereocenters. The molecule has 0 aliphatic carbocycles. The molecule has 2 aliphatic heterocycles. The van der Waals surface area contributed by atoms with Gasteiger partial charge in [0.05, 0.1) is 18.1 Å². The van der Waals surface area contributed by atoms with Crippen molar-refractivity contribution in [2.24, 2.45) is 5.92 Å². The number of hydrogen-bond donors (Lipinski definition) is 2. The summed E-state index contributed by atoms with van der Waals surface area (Å²) in [5, 5.41) is 10.8. The number of carbonyl (C=O) groups excluding carboxylic acids is 1. The van der Waals surface area contributed by atoms with Gasteiger partial charge in [0.2, 0.25) is 11.8 Å². The summed E-state index contributed by atoms with van der Waals surface area (Å²) in [6.07, 6.45) is 4.13. The molecule has 5 rings (SSSR count). The van der Waals surface area contributed by atoms with E-state index < -0.39 is 0 Å². The highest BCUT2D eigenvalue weighted by Gasteiger charge is 2.29. The first-order valence-electron chi connectivity index (χ1n) is 10.9. The summed E-state index contributed by atoms with van der Waals surface area (Å²) < 4.78 is 8.14. The highest BCUT2D eigenvalue weighted by molar-refractivity contribution is 5.78. The van der Waals surface area contributed by atoms with Gasteiger partial charge in [0.15, 0.2) is 0 Å². The van der Waals surface area contributed by atoms with E-state index in [2.05, 4.69) is 44.9 Å². The number of nitrogens with zero attached hydrogens (tertiary/aromatic N) is 4. The van der Waals surface area contributed by atoms with E-state index in [0.717, 1.165) is 48.5 Å². The molecule has 0 spiro atoms. The van der Waals surface area contributed by atoms with Gasteiger partial charge in [-0.25, -0.2) is 9.50 Å². The lowest BCUT2D eigenvalue weighted by Gasteiger charge is -2.29. The fourth-order valence-corrected chi connectivity index (χ4v) is 4.34. The van der Waals surface area contributed by atoms with Gasteiger partial charge < -0.3 is 20.3 Å². The Morgan fingerprint density at radius 1 is 1.19 bits per heavy atom. The Labute approximate surface area is 181 Å². The second kappa shape index (κ2) is 8.19. The van der Waals surface area contributed by atoms with E-state index in [4.69, 9.17) is 9.72 Å². The molecule has 0 bridgehead atoms. The van der Waals surface area contributed by atoms with Gasteiger partial charge in [0, 0.05) is 61.9 Å². The molecule has 8 nitrogen and oxygen atoms in total. The van der Waals surface area contributed by atoms with Crippen LogP contribution in [0.5, 0.6) is 5.88 Å². The normalized spacial score (nSPS) is 20.1. The minimum Gasteiger partial charge on any atom is -0.473 e. The summed E-state index contributed by atoms with van der Waals surface area (Å²) >= 11 is 0. The fourth-order valence-electron chi connectivity index (χ4n) is 4.34. The van der Waals surface area contributed by atoms with E-state index in [1.54, 1.807) is 0 Å². The third-order valence-electron chi connectivity index (χ3n) is 6.26. The number of ether oxygens (including phenoxy) is 1. The van der Waals surface area contributed by atoms with Crippen molar-refractivity contribution in [2.75, 3.05) is 37.6 Å². The van der Waals surface area contributed by atoms with E-state index in [-0.39, 0.29) is 17.9 Å². The molecule has 2 aromatic heterocycles. The molecule has 2 N–H and O–H groups in total. The Bertz CT molecular complexity index is 1090. The van der Waals surface area contributed by atoms with Crippen LogP contribution in [0.4, 0.5) is 5.69 Å². The molecule has 0 radical (unpaired) electrons. The van der Waals surface area contributed by atoms with Gasteiger partial charge in [0.25, 0.3) is 0 Å². The maximum atomic E-state index is 11.6. The van der Waals surface area contributed by atoms with E-state index in [1.807, 2.05) is 30.8 Å². The number of anilines is 1. The fraction of sp³-hybridized carbons (Fsp3) is 0.435. The molecule has 2 fully saturated rings. The van der Waals surface area contributed by atoms with Crippen molar-refractivity contribution in [3.63, 3.8) is 0 Å². The molecule has 4 heterocycles. The number of hydrogen-bond acceptors (Lipinski definition) is 6. The zero-order chi connectivity index (χ0) is 21.4. The summed E-state index contributed by atoms with van der Waals surface area (Å²) in [6, 6.07) is 8.52. The van der Waals surface area contributed by atoms with Crippen LogP contribution in [0.25, 0.3) is 16.8 Å². The monoisotopic (exact) mass is 420 g/mol. The first-order chi connectivity index (χ1) is 15.1. The molecule has 2 aliphatic rings. The van der Waals surface area contributed by atoms with Crippen LogP contribution in [0.2, 0.25) is 0 Å². The van der Waals surface area contributed by atoms with Crippen molar-refractivity contribution in [1.29, 1.82) is 0 Å². The first-order valence-corrected chi connectivity index (χ1v) is 10.9. The van der Waals surface area contributed by atoms with E-state index >= 15 is 0 Å². The first kappa shape index (κ1) is 19.8. The number of amides is 1. The maximum absolute atomic E-state index is 11.6. The molecule has 2 saturated heterocycles. The predicted octanol–water partition coefficient (Wildman–Crippen LogP) is 2.02. The van der Waals surface area contributed by atoms with E-state index in [9.17, 15) is 4.79 Å². The van der Waals surface area contributed by atoms with Gasteiger partial charge in [-0.2, -0.15) is 5.10 Å². The van der Waals surface area contributed by atoms with Crippen LogP contribution in [0, 0.1) is 12.8 Å². The maximum Gasteiger partial charge on any atom is 0.241 e. The van der Waals surface area contributed by atoms with Crippen molar-refractivity contribution in [3.8, 4) is 17.1 Å². The summed E-state index contributed by atoms with van der Waals surface area (Å²) in [5.41, 5.74) is 4.93. The zero-order valence-corrected chi connectivity index (χ0v) is 18.0. The van der Waals surface area contributed by atoms with Gasteiger partial charge in [-0.3, -0.25) is 4.79 Å². The van der Waals surface area contributed by atoms with Crippen molar-refractivity contribution in [2.45, 2.75) is 26.4 Å². The summed E-state index contributed by atoms with van der Waals surface area (Å²) in [7, 11) is 0. The average molecular weight is 421 g/mol. The number of rotatable bonds is 5. The van der Waals surface area contributed by atoms with Gasteiger partial charge in [-0.05, 0) is 26.0 Å². The van der Waals surface area contributed by atoms with Crippen molar-refractivity contribution < 1.29 is 9.53 Å². The third kappa shape index (κ3) is 3.95. The summed E-state index contributed by atoms with van der Waals surface area (Å²) in [5.74, 6) is 0.780. The van der Waals surface area contributed by atoms with Gasteiger partial charge in [-0.15, -0.1) is 0 Å². The predicted molar refractivity (Wildman–Crippen MR) is 119 cm³/mol. The number of aromatic nitrogens is 3. The Kier molecular flexibility index (Phi) is 5.23. The SMILES string of the molecule is Cc1cnn2cc(-c3ccc(N4CCNCC4)cc3)nc(O[C@H](C)C3CNC(=O)C3)c12. The van der Waals surface area contributed by atoms with Crippen LogP contribution >= 0.6 is 0 Å². The molecule has 3 aromatic rings. The zero-order valence-electron chi connectivity index (χ0n) is 18.0. The standard InChI is InChI=1S/C23H28N6O2/c1-15-12-26-29-14-20(17-3-5-19(6-4-17)28-9-7-24-8-10-28)27-23(22(15)29)31-16(2)18-11-21(30)25-13-18/h3-6,12,14,16,18,24H,7-11,13H2,1-2H3,(H,25,30)/t16-,18?/m1/s1. The molecule has 1 unspecified atom stereocenters. The van der Waals surface area contributed by atoms with Gasteiger partial charge in [-0.1, -0.05) is 12.1 Å². The summed E-state index contributed by atoms with van der Waals surface area (Å²) in [6.45, 7) is 8.71. The Morgan fingerprint density at radius 3 is 2.68 bits per heavy atom. The lowest BCUT2D eigenvalue weighted by molar-refractivity contribution is -0.119. The number of benzene rings is 1. The number of carbonyl (C=O) groups is 1. The van der Waals surface area contributed by atoms with Crippen LogP contribution in [0.1, 0.15) is 18.9 Å². The number of fused-ring (bicyclic) bond motifs is 1. The van der Waals surface area contributed by atoms with Gasteiger partial charge >= 0.3 is 0 Å². The molecule has 162 valence electrons. The highest BCUT2D eigenvalue weighted by atomic mass is 16.5. The molecular weight excluding hydrogens is 392 g/mol. The van der Waals surface area contributed by atoms with E-state index in [0.29, 0.717) is 18.8 Å². The quantitative estimate of drug-likeness (QED) is 0.657. The van der Waals surface area contributed by atoms with Crippen molar-refractivity contribution in [1.82, 2.24) is 25.2 Å². The number of nitrogens with one attached hydrogen (secondary N) is 2. The lowest BCUT2D eigenvalue weighted by atomic mass is 10.0. The van der Waals surface area contributed by atoms with Crippen LogP contribution < -0.4 is 20.3 Å². The van der Waals surface area contributed by atoms with Crippen LogP contribution in [0.15, 0.2) is 36.7 Å². The Balaban J connectivity index is 1.44. The summed E-state index contributed by atoms with van der Waals surface area (Å²) in [4.78, 5) is 18.9. The van der Waals surface area contributed by atoms with E-state index in [1.165, 1.54) is 5.69 Å². The molecule has 1 amide bonds. The molecular formula is C23H28N6O2. The molecule has 1 aromatic carbocycles. The van der Waals surface area contributed by atoms with Crippen LogP contribution in [-0.2, 0) is 4.79 Å². The lowest BCUT2D eigenvalue weighted by Crippen LogP contribution is -2.43. The highest BCUT2D eigenvalue weighted by Crippen LogP contribution is 2.29. The molecule has 0 saturated carbocycles. The van der Waals surface area contributed by atoms with Crippen molar-refractivity contribution in [3.05, 3.63) is 42.2 Å². The second-order valence-electron chi connectivity index (χ2n) is 8.43. The largest absolute Gasteiger partial charge is 0.473 e. The average Bonchev–Trinajstić information content (AvgIpc) is 3.40. The number of piperazine rings is 1. The minimum absolute atomic E-state index is 0.0809. The Morgan fingerprint density at radius 2 is 1.97 bits per heavy atom. The number of aryl methyl sites for hydroxylation is 1. The van der Waals surface area contributed by atoms with Crippen LogP contribution in [0.3, 0.4) is 0 Å². The smallest absolute Gasteiger partial charge is 0.241 e. The second-order valence-corrected chi connectivity index (χ2v) is 8.43. The van der Waals surface area contributed by atoms with Crippen LogP contribution in [-0.4, -0.2) is 59.3 Å². The molecule has 8 heteroatoms.